The van der Waals surface area contributed by atoms with Crippen LogP contribution in [0, 0.1) is 0 Å². The molecule has 158 valence electrons. The summed E-state index contributed by atoms with van der Waals surface area (Å²) in [5.41, 5.74) is 1.76. The monoisotopic (exact) mass is 419 g/mol. The van der Waals surface area contributed by atoms with Gasteiger partial charge in [-0.2, -0.15) is 0 Å². The number of amides is 1. The van der Waals surface area contributed by atoms with E-state index in [1.54, 1.807) is 0 Å². The zero-order chi connectivity index (χ0) is 19.2. The fraction of sp³-hybridized carbons (Fsp3) is 0.571. The first-order chi connectivity index (χ1) is 13.8. The van der Waals surface area contributed by atoms with Crippen LogP contribution in [0.15, 0.2) is 36.5 Å². The maximum Gasteiger partial charge on any atom is 0.276 e. The highest BCUT2D eigenvalue weighted by atomic mass is 35.5. The zero-order valence-corrected chi connectivity index (χ0v) is 17.5. The lowest BCUT2D eigenvalue weighted by molar-refractivity contribution is 0.00988. The van der Waals surface area contributed by atoms with E-state index >= 15 is 0 Å². The Morgan fingerprint density at radius 1 is 1.10 bits per heavy atom. The van der Waals surface area contributed by atoms with E-state index in [2.05, 4.69) is 39.9 Å². The third kappa shape index (κ3) is 5.78. The van der Waals surface area contributed by atoms with E-state index in [0.29, 0.717) is 11.7 Å². The Kier molecular flexibility index (Phi) is 8.03. The highest BCUT2D eigenvalue weighted by Gasteiger charge is 2.26. The number of carbonyl (C=O) groups excluding carboxylic acids is 1. The van der Waals surface area contributed by atoms with Crippen LogP contribution in [0.3, 0.4) is 0 Å². The van der Waals surface area contributed by atoms with E-state index in [1.165, 1.54) is 5.56 Å². The van der Waals surface area contributed by atoms with Crippen molar-refractivity contribution in [3.8, 4) is 0 Å². The summed E-state index contributed by atoms with van der Waals surface area (Å²) in [6, 6.07) is 10.7. The maximum absolute atomic E-state index is 12.8. The molecule has 2 aliphatic rings. The summed E-state index contributed by atoms with van der Waals surface area (Å²) < 4.78 is 7.90. The largest absolute Gasteiger partial charge is 0.378 e. The number of hydrogen-bond donors (Lipinski definition) is 1. The van der Waals surface area contributed by atoms with E-state index in [-0.39, 0.29) is 24.4 Å². The third-order valence-corrected chi connectivity index (χ3v) is 5.73. The number of likely N-dealkylation sites (tertiary alicyclic amines) is 1. The first-order valence-electron chi connectivity index (χ1n) is 10.4. The fourth-order valence-electron chi connectivity index (χ4n) is 4.00. The standard InChI is InChI=1S/C21H29N5O2.ClH/c27-21(20-16-26(24-23-20)18-6-11-22-12-7-18)25-13-8-19(9-14-25)28-15-10-17-4-2-1-3-5-17;/h1-5,16,18-19,22H,6-15H2;1H. The molecule has 7 nitrogen and oxygen atoms in total. The van der Waals surface area contributed by atoms with Gasteiger partial charge >= 0.3 is 0 Å². The number of rotatable bonds is 6. The summed E-state index contributed by atoms with van der Waals surface area (Å²) in [5, 5.41) is 11.7. The summed E-state index contributed by atoms with van der Waals surface area (Å²) in [7, 11) is 0. The van der Waals surface area contributed by atoms with E-state index in [9.17, 15) is 4.79 Å². The van der Waals surface area contributed by atoms with Crippen LogP contribution in [0.1, 0.15) is 47.8 Å². The van der Waals surface area contributed by atoms with Crippen molar-refractivity contribution in [1.82, 2.24) is 25.2 Å². The Bertz CT molecular complexity index is 755. The third-order valence-electron chi connectivity index (χ3n) is 5.73. The highest BCUT2D eigenvalue weighted by molar-refractivity contribution is 5.92. The molecule has 0 unspecified atom stereocenters. The lowest BCUT2D eigenvalue weighted by Gasteiger charge is -2.31. The van der Waals surface area contributed by atoms with Gasteiger partial charge in [0.1, 0.15) is 0 Å². The molecule has 2 aliphatic heterocycles. The molecule has 1 amide bonds. The van der Waals surface area contributed by atoms with Crippen molar-refractivity contribution in [2.24, 2.45) is 0 Å². The number of hydrogen-bond acceptors (Lipinski definition) is 5. The van der Waals surface area contributed by atoms with Crippen LogP contribution in [0.2, 0.25) is 0 Å². The van der Waals surface area contributed by atoms with Gasteiger partial charge in [-0.1, -0.05) is 35.5 Å². The number of halogens is 1. The van der Waals surface area contributed by atoms with Crippen LogP contribution < -0.4 is 5.32 Å². The molecule has 4 rings (SSSR count). The second kappa shape index (κ2) is 10.7. The van der Waals surface area contributed by atoms with Crippen LogP contribution >= 0.6 is 12.4 Å². The molecule has 0 bridgehead atoms. The molecule has 29 heavy (non-hydrogen) atoms. The van der Waals surface area contributed by atoms with Crippen LogP contribution in [0.5, 0.6) is 0 Å². The molecule has 2 fully saturated rings. The molecular weight excluding hydrogens is 390 g/mol. The van der Waals surface area contributed by atoms with Crippen molar-refractivity contribution >= 4 is 18.3 Å². The molecular formula is C21H30ClN5O2. The van der Waals surface area contributed by atoms with Crippen LogP contribution in [0.25, 0.3) is 0 Å². The number of benzene rings is 1. The van der Waals surface area contributed by atoms with E-state index in [0.717, 1.165) is 64.9 Å². The van der Waals surface area contributed by atoms with Gasteiger partial charge in [0, 0.05) is 13.1 Å². The quantitative estimate of drug-likeness (QED) is 0.778. The molecule has 2 saturated heterocycles. The van der Waals surface area contributed by atoms with Crippen molar-refractivity contribution in [2.75, 3.05) is 32.8 Å². The predicted octanol–water partition coefficient (Wildman–Crippen LogP) is 2.49. The molecule has 0 aliphatic carbocycles. The average molecular weight is 420 g/mol. The van der Waals surface area contributed by atoms with Crippen LogP contribution in [-0.2, 0) is 11.2 Å². The van der Waals surface area contributed by atoms with Gasteiger partial charge < -0.3 is 15.0 Å². The number of nitrogens with one attached hydrogen (secondary N) is 1. The van der Waals surface area contributed by atoms with E-state index in [1.807, 2.05) is 21.8 Å². The van der Waals surface area contributed by atoms with Gasteiger partial charge in [-0.15, -0.1) is 17.5 Å². The van der Waals surface area contributed by atoms with Crippen molar-refractivity contribution < 1.29 is 9.53 Å². The Labute approximate surface area is 178 Å². The second-order valence-electron chi connectivity index (χ2n) is 7.66. The predicted molar refractivity (Wildman–Crippen MR) is 113 cm³/mol. The van der Waals surface area contributed by atoms with Gasteiger partial charge in [0.2, 0.25) is 0 Å². The Morgan fingerprint density at radius 2 is 1.83 bits per heavy atom. The Hall–Kier alpha value is -1.96. The topological polar surface area (TPSA) is 72.3 Å². The molecule has 1 aromatic heterocycles. The minimum atomic E-state index is -0.0112. The van der Waals surface area contributed by atoms with Crippen molar-refractivity contribution in [1.29, 1.82) is 0 Å². The van der Waals surface area contributed by atoms with Crippen LogP contribution in [-0.4, -0.2) is 64.7 Å². The van der Waals surface area contributed by atoms with Gasteiger partial charge in [-0.3, -0.25) is 4.79 Å². The lowest BCUT2D eigenvalue weighted by Crippen LogP contribution is -2.41. The van der Waals surface area contributed by atoms with Crippen molar-refractivity contribution in [3.63, 3.8) is 0 Å². The van der Waals surface area contributed by atoms with Gasteiger partial charge in [0.05, 0.1) is 24.9 Å². The van der Waals surface area contributed by atoms with Gasteiger partial charge in [0.15, 0.2) is 5.69 Å². The fourth-order valence-corrected chi connectivity index (χ4v) is 4.00. The summed E-state index contributed by atoms with van der Waals surface area (Å²) in [5.74, 6) is -0.0112. The minimum absolute atomic E-state index is 0. The van der Waals surface area contributed by atoms with E-state index in [4.69, 9.17) is 4.74 Å². The molecule has 1 N–H and O–H groups in total. The number of nitrogens with zero attached hydrogens (tertiary/aromatic N) is 4. The SMILES string of the molecule is Cl.O=C(c1cn(C2CCNCC2)nn1)N1CCC(OCCc2ccccc2)CC1. The molecule has 3 heterocycles. The number of carbonyl (C=O) groups is 1. The number of aromatic nitrogens is 3. The van der Waals surface area contributed by atoms with E-state index < -0.39 is 0 Å². The minimum Gasteiger partial charge on any atom is -0.378 e. The summed E-state index contributed by atoms with van der Waals surface area (Å²) in [6.07, 6.45) is 6.80. The van der Waals surface area contributed by atoms with Gasteiger partial charge in [-0.25, -0.2) is 4.68 Å². The smallest absolute Gasteiger partial charge is 0.276 e. The summed E-state index contributed by atoms with van der Waals surface area (Å²) in [6.45, 7) is 4.15. The number of piperidine rings is 2. The second-order valence-corrected chi connectivity index (χ2v) is 7.66. The molecule has 1 aromatic carbocycles. The first kappa shape index (κ1) is 21.7. The van der Waals surface area contributed by atoms with Gasteiger partial charge in [-0.05, 0) is 50.8 Å². The lowest BCUT2D eigenvalue weighted by atomic mass is 10.1. The Morgan fingerprint density at radius 3 is 2.55 bits per heavy atom. The molecule has 0 atom stereocenters. The van der Waals surface area contributed by atoms with Gasteiger partial charge in [0.25, 0.3) is 5.91 Å². The van der Waals surface area contributed by atoms with Crippen LogP contribution in [0.4, 0.5) is 0 Å². The van der Waals surface area contributed by atoms with Crippen molar-refractivity contribution in [2.45, 2.75) is 44.2 Å². The molecule has 0 spiro atoms. The first-order valence-corrected chi connectivity index (χ1v) is 10.4. The maximum atomic E-state index is 12.8. The van der Waals surface area contributed by atoms with Crippen molar-refractivity contribution in [3.05, 3.63) is 47.8 Å². The summed E-state index contributed by atoms with van der Waals surface area (Å²) >= 11 is 0. The summed E-state index contributed by atoms with van der Waals surface area (Å²) in [4.78, 5) is 14.6. The Balaban J connectivity index is 0.00000240. The molecule has 8 heteroatoms. The normalized spacial score (nSPS) is 18.4. The molecule has 0 saturated carbocycles. The molecule has 2 aromatic rings. The zero-order valence-electron chi connectivity index (χ0n) is 16.7. The highest BCUT2D eigenvalue weighted by Crippen LogP contribution is 2.19. The number of ether oxygens (including phenoxy) is 1. The molecule has 0 radical (unpaired) electrons. The average Bonchev–Trinajstić information content (AvgIpc) is 3.25.